The van der Waals surface area contributed by atoms with E-state index in [4.69, 9.17) is 25.5 Å². The third kappa shape index (κ3) is 19.9. The van der Waals surface area contributed by atoms with Crippen molar-refractivity contribution in [2.75, 3.05) is 6.61 Å². The number of carboxylic acid groups (broad SMARTS) is 4. The van der Waals surface area contributed by atoms with Gasteiger partial charge in [-0.1, -0.05) is 27.7 Å². The molecule has 0 amide bonds. The first-order chi connectivity index (χ1) is 23.8. The van der Waals surface area contributed by atoms with Crippen LogP contribution in [0.2, 0.25) is 0 Å². The summed E-state index contributed by atoms with van der Waals surface area (Å²) in [5.41, 5.74) is 1.11. The van der Waals surface area contributed by atoms with Crippen LogP contribution in [-0.4, -0.2) is 109 Å². The van der Waals surface area contributed by atoms with Crippen LogP contribution in [0.15, 0.2) is 21.7 Å². The molecule has 0 saturated carbocycles. The van der Waals surface area contributed by atoms with Crippen molar-refractivity contribution in [3.05, 3.63) is 44.1 Å². The number of rotatable bonds is 13. The summed E-state index contributed by atoms with van der Waals surface area (Å²) in [6.07, 6.45) is -0.588. The highest BCUT2D eigenvalue weighted by molar-refractivity contribution is 5.81. The van der Waals surface area contributed by atoms with Gasteiger partial charge in [-0.05, 0) is 62.8 Å². The van der Waals surface area contributed by atoms with Crippen LogP contribution in [0.5, 0.6) is 0 Å². The maximum atomic E-state index is 12.2. The van der Waals surface area contributed by atoms with Gasteiger partial charge in [-0.2, -0.15) is 4.98 Å². The molecular weight excluding hydrogens is 676 g/mol. The molecule has 1 aromatic rings. The van der Waals surface area contributed by atoms with Gasteiger partial charge in [0.1, 0.15) is 18.3 Å². The molecule has 18 heteroatoms. The molecule has 288 valence electrons. The van der Waals surface area contributed by atoms with Crippen LogP contribution in [0.25, 0.3) is 22.6 Å². The number of aliphatic hydroxyl groups excluding tert-OH is 4. The molecule has 0 unspecified atom stereocenters. The summed E-state index contributed by atoms with van der Waals surface area (Å²) < 4.78 is 1.40. The van der Waals surface area contributed by atoms with E-state index in [1.54, 1.807) is 12.1 Å². The number of carboxylic acids is 4. The Morgan fingerprint density at radius 3 is 1.47 bits per heavy atom. The Balaban J connectivity index is 0. The number of nitrogens with zero attached hydrogens (tertiary/aromatic N) is 3. The van der Waals surface area contributed by atoms with Gasteiger partial charge in [0.15, 0.2) is 11.5 Å². The maximum Gasteiger partial charge on any atom is 0.349 e. The number of carbonyl (C=O) groups is 4. The molecule has 2 heterocycles. The fraction of sp³-hybridized carbons (Fsp3) is 0.576. The third-order valence-corrected chi connectivity index (χ3v) is 6.43. The smallest absolute Gasteiger partial charge is 0.349 e. The van der Waals surface area contributed by atoms with Crippen LogP contribution in [0.3, 0.4) is 0 Å². The van der Waals surface area contributed by atoms with Crippen LogP contribution >= 0.6 is 0 Å². The molecule has 0 radical (unpaired) electrons. The van der Waals surface area contributed by atoms with Gasteiger partial charge in [0.05, 0.1) is 24.2 Å². The fourth-order valence-electron chi connectivity index (χ4n) is 3.75. The predicted octanol–water partition coefficient (Wildman–Crippen LogP) is 1.76. The standard InChI is InChI=1S/C17H20N4O6.4C4H8O2/c1-7-3-9-10(4-8(7)2)21(5-11(23)14(25)12(24)6-22)15-13(18-9)16(26)20-17(27)19-15;4*1-2-3-4(5)6/h3-4,11-12,14,22-25H,5-6H2,1-2H3,(H,20,26,27);4*2-3H2,1H3,(H,5,6)/t11-,12+,14-;;;;/m0..../s1. The van der Waals surface area contributed by atoms with Crippen molar-refractivity contribution in [2.24, 2.45) is 0 Å². The van der Waals surface area contributed by atoms with E-state index in [-0.39, 0.29) is 18.1 Å². The number of aryl methyl sites for hydroxylation is 2. The Hall–Kier alpha value is -4.78. The van der Waals surface area contributed by atoms with E-state index in [0.717, 1.165) is 36.8 Å². The van der Waals surface area contributed by atoms with Crippen LogP contribution < -0.4 is 11.2 Å². The van der Waals surface area contributed by atoms with Gasteiger partial charge in [0, 0.05) is 25.7 Å². The number of fused-ring (bicyclic) bond motifs is 2. The van der Waals surface area contributed by atoms with E-state index >= 15 is 0 Å². The Bertz CT molecular complexity index is 1540. The van der Waals surface area contributed by atoms with E-state index in [0.29, 0.717) is 36.7 Å². The number of nitrogens with one attached hydrogen (secondary N) is 1. The molecule has 51 heavy (non-hydrogen) atoms. The lowest BCUT2D eigenvalue weighted by atomic mass is 10.1. The quantitative estimate of drug-likeness (QED) is 0.113. The minimum atomic E-state index is -1.64. The fourth-order valence-corrected chi connectivity index (χ4v) is 3.75. The molecule has 0 aliphatic carbocycles. The number of aliphatic carboxylic acids is 4. The van der Waals surface area contributed by atoms with Crippen molar-refractivity contribution in [3.8, 4) is 11.5 Å². The number of benzene rings is 1. The molecule has 9 N–H and O–H groups in total. The number of aromatic nitrogens is 4. The largest absolute Gasteiger partial charge is 0.481 e. The lowest BCUT2D eigenvalue weighted by Crippen LogP contribution is -2.42. The third-order valence-electron chi connectivity index (χ3n) is 6.43. The molecule has 3 rings (SSSR count). The first kappa shape index (κ1) is 48.3. The van der Waals surface area contributed by atoms with E-state index in [2.05, 4.69) is 15.0 Å². The Morgan fingerprint density at radius 1 is 0.706 bits per heavy atom. The normalized spacial score (nSPS) is 11.9. The zero-order valence-electron chi connectivity index (χ0n) is 29.8. The zero-order chi connectivity index (χ0) is 39.8. The Kier molecular flexibility index (Phi) is 24.7. The van der Waals surface area contributed by atoms with Gasteiger partial charge in [-0.3, -0.25) is 29.0 Å². The van der Waals surface area contributed by atoms with Gasteiger partial charge in [0.2, 0.25) is 0 Å². The minimum Gasteiger partial charge on any atom is -0.481 e. The number of H-pyrrole nitrogens is 1. The summed E-state index contributed by atoms with van der Waals surface area (Å²) in [6.45, 7) is 10.1. The van der Waals surface area contributed by atoms with Crippen molar-refractivity contribution >= 4 is 34.9 Å². The highest BCUT2D eigenvalue weighted by atomic mass is 16.4. The predicted molar refractivity (Wildman–Crippen MR) is 186 cm³/mol. The van der Waals surface area contributed by atoms with Crippen molar-refractivity contribution in [1.82, 2.24) is 19.5 Å². The number of hydrogen-bond acceptors (Lipinski definition) is 12. The highest BCUT2D eigenvalue weighted by Gasteiger charge is 2.27. The van der Waals surface area contributed by atoms with Crippen molar-refractivity contribution in [1.29, 1.82) is 0 Å². The summed E-state index contributed by atoms with van der Waals surface area (Å²) in [7, 11) is 0. The summed E-state index contributed by atoms with van der Waals surface area (Å²) in [6, 6.07) is 3.53. The van der Waals surface area contributed by atoms with Crippen molar-refractivity contribution < 1.29 is 60.0 Å². The second kappa shape index (κ2) is 26.1. The second-order valence-electron chi connectivity index (χ2n) is 11.1. The number of aromatic amines is 1. The molecule has 1 aromatic carbocycles. The van der Waals surface area contributed by atoms with Crippen molar-refractivity contribution in [2.45, 2.75) is 118 Å². The van der Waals surface area contributed by atoms with Gasteiger partial charge in [0.25, 0.3) is 5.56 Å². The van der Waals surface area contributed by atoms with Gasteiger partial charge in [-0.15, -0.1) is 0 Å². The second-order valence-corrected chi connectivity index (χ2v) is 11.1. The van der Waals surface area contributed by atoms with Crippen LogP contribution in [0.1, 0.15) is 90.2 Å². The topological polar surface area (TPSA) is 311 Å². The molecule has 2 aliphatic rings. The Labute approximate surface area is 294 Å². The SMILES string of the molecule is CCCC(=O)O.CCCC(=O)O.CCCC(=O)O.CCCC(=O)O.Cc1cc2nc3c(=O)[nH]c(=O)nc-3n(C[C@H](O)[C@H](O)[C@H](O)CO)c2cc1C. The van der Waals surface area contributed by atoms with E-state index in [9.17, 15) is 44.1 Å². The average Bonchev–Trinajstić information content (AvgIpc) is 3.02. The maximum absolute atomic E-state index is 12.2. The molecule has 2 aliphatic heterocycles. The van der Waals surface area contributed by atoms with Crippen molar-refractivity contribution in [3.63, 3.8) is 0 Å². The van der Waals surface area contributed by atoms with E-state index in [1.165, 1.54) is 4.57 Å². The molecule has 0 bridgehead atoms. The molecule has 0 spiro atoms. The number of hydrogen-bond donors (Lipinski definition) is 9. The summed E-state index contributed by atoms with van der Waals surface area (Å²) in [5.74, 6) is -2.89. The molecular formula is C33H52N4O14. The summed E-state index contributed by atoms with van der Waals surface area (Å²) >= 11 is 0. The van der Waals surface area contributed by atoms with Crippen LogP contribution in [-0.2, 0) is 25.7 Å². The van der Waals surface area contributed by atoms with E-state index < -0.39 is 60.0 Å². The highest BCUT2D eigenvalue weighted by Crippen LogP contribution is 2.24. The minimum absolute atomic E-state index is 0.0516. The Morgan fingerprint density at radius 2 is 1.12 bits per heavy atom. The molecule has 0 fully saturated rings. The number of aliphatic hydroxyl groups is 4. The van der Waals surface area contributed by atoms with Gasteiger partial charge >= 0.3 is 29.6 Å². The first-order valence-corrected chi connectivity index (χ1v) is 16.2. The monoisotopic (exact) mass is 728 g/mol. The van der Waals surface area contributed by atoms with Crippen LogP contribution in [0, 0.1) is 13.8 Å². The first-order valence-electron chi connectivity index (χ1n) is 16.2. The zero-order valence-corrected chi connectivity index (χ0v) is 29.8. The molecule has 0 aromatic heterocycles. The lowest BCUT2D eigenvalue weighted by Gasteiger charge is -2.25. The van der Waals surface area contributed by atoms with Crippen LogP contribution in [0.4, 0.5) is 0 Å². The van der Waals surface area contributed by atoms with Gasteiger partial charge < -0.3 is 45.4 Å². The summed E-state index contributed by atoms with van der Waals surface area (Å²) in [5, 5.41) is 70.4. The lowest BCUT2D eigenvalue weighted by molar-refractivity contribution is -0.138. The average molecular weight is 729 g/mol. The summed E-state index contributed by atoms with van der Waals surface area (Å²) in [4.78, 5) is 72.4. The van der Waals surface area contributed by atoms with E-state index in [1.807, 2.05) is 41.5 Å². The van der Waals surface area contributed by atoms with Gasteiger partial charge in [-0.25, -0.2) is 9.78 Å². The molecule has 3 atom stereocenters. The molecule has 18 nitrogen and oxygen atoms in total. The molecule has 0 saturated heterocycles.